The summed E-state index contributed by atoms with van der Waals surface area (Å²) in [6.07, 6.45) is 0. The minimum absolute atomic E-state index is 0.186. The van der Waals surface area contributed by atoms with E-state index >= 15 is 0 Å². The number of nitrogens with one attached hydrogen (secondary N) is 1. The van der Waals surface area contributed by atoms with Crippen molar-refractivity contribution in [1.82, 2.24) is 15.1 Å². The fraction of sp³-hybridized carbons (Fsp3) is 0.227. The normalized spacial score (nSPS) is 11.9. The van der Waals surface area contributed by atoms with Gasteiger partial charge < -0.3 is 19.5 Å². The fourth-order valence-electron chi connectivity index (χ4n) is 2.96. The van der Waals surface area contributed by atoms with Crippen molar-refractivity contribution in [2.45, 2.75) is 20.4 Å². The molecule has 8 heteroatoms. The first kappa shape index (κ1) is 19.5. The molecule has 0 saturated carbocycles. The van der Waals surface area contributed by atoms with Gasteiger partial charge in [-0.1, -0.05) is 12.1 Å². The number of benzene rings is 2. The molecule has 1 aliphatic heterocycles. The topological polar surface area (TPSA) is 91.7 Å². The highest BCUT2D eigenvalue weighted by atomic mass is 16.7. The van der Waals surface area contributed by atoms with E-state index in [-0.39, 0.29) is 30.7 Å². The van der Waals surface area contributed by atoms with E-state index in [4.69, 9.17) is 14.2 Å². The molecule has 0 atom stereocenters. The average molecular weight is 407 g/mol. The van der Waals surface area contributed by atoms with Crippen LogP contribution in [0.15, 0.2) is 53.3 Å². The zero-order valence-corrected chi connectivity index (χ0v) is 16.7. The summed E-state index contributed by atoms with van der Waals surface area (Å²) >= 11 is 0. The first-order valence-corrected chi connectivity index (χ1v) is 9.45. The number of aromatic nitrogens is 2. The highest BCUT2D eigenvalue weighted by Crippen LogP contribution is 2.32. The molecule has 0 spiro atoms. The molecule has 1 aromatic heterocycles. The molecule has 0 bridgehead atoms. The van der Waals surface area contributed by atoms with Crippen LogP contribution in [0.5, 0.6) is 17.4 Å². The van der Waals surface area contributed by atoms with Gasteiger partial charge in [-0.3, -0.25) is 9.59 Å². The molecule has 0 aliphatic carbocycles. The molecule has 0 fully saturated rings. The number of carbonyl (C=O) groups excluding carboxylic acids is 1. The van der Waals surface area contributed by atoms with Gasteiger partial charge in [0.1, 0.15) is 0 Å². The fourth-order valence-corrected chi connectivity index (χ4v) is 2.96. The summed E-state index contributed by atoms with van der Waals surface area (Å²) in [5, 5.41) is 6.99. The molecule has 3 aromatic rings. The number of amides is 1. The van der Waals surface area contributed by atoms with E-state index < -0.39 is 0 Å². The lowest BCUT2D eigenvalue weighted by Gasteiger charge is -2.10. The van der Waals surface area contributed by atoms with Gasteiger partial charge in [0.15, 0.2) is 18.1 Å². The Kier molecular flexibility index (Phi) is 5.38. The second-order valence-corrected chi connectivity index (χ2v) is 6.94. The Bertz CT molecular complexity index is 1160. The molecule has 30 heavy (non-hydrogen) atoms. The van der Waals surface area contributed by atoms with Crippen LogP contribution in [0.25, 0.3) is 5.69 Å². The van der Waals surface area contributed by atoms with Gasteiger partial charge >= 0.3 is 0 Å². The SMILES string of the molecule is Cc1ccc(-n2nc(OCC(=O)NCc3ccc4c(c3)OCO4)ccc2=O)cc1C. The first-order chi connectivity index (χ1) is 14.5. The first-order valence-electron chi connectivity index (χ1n) is 9.45. The van der Waals surface area contributed by atoms with E-state index in [0.29, 0.717) is 23.7 Å². The van der Waals surface area contributed by atoms with Crippen molar-refractivity contribution in [1.29, 1.82) is 0 Å². The van der Waals surface area contributed by atoms with Gasteiger partial charge in [-0.2, -0.15) is 4.68 Å². The number of aryl methyl sites for hydroxylation is 2. The number of hydrogen-bond acceptors (Lipinski definition) is 6. The molecule has 0 unspecified atom stereocenters. The number of nitrogens with zero attached hydrogens (tertiary/aromatic N) is 2. The Morgan fingerprint density at radius 1 is 1.07 bits per heavy atom. The molecular weight excluding hydrogens is 386 g/mol. The van der Waals surface area contributed by atoms with Crippen molar-refractivity contribution in [2.24, 2.45) is 0 Å². The molecular formula is C22H21N3O5. The number of rotatable bonds is 6. The van der Waals surface area contributed by atoms with Crippen LogP contribution in [-0.4, -0.2) is 29.1 Å². The third kappa shape index (κ3) is 4.27. The van der Waals surface area contributed by atoms with E-state index in [1.807, 2.05) is 44.2 Å². The van der Waals surface area contributed by atoms with Crippen LogP contribution in [0.1, 0.15) is 16.7 Å². The summed E-state index contributed by atoms with van der Waals surface area (Å²) in [6.45, 7) is 4.28. The van der Waals surface area contributed by atoms with Gasteiger partial charge in [0.05, 0.1) is 5.69 Å². The smallest absolute Gasteiger partial charge is 0.271 e. The predicted octanol–water partition coefficient (Wildman–Crippen LogP) is 2.27. The van der Waals surface area contributed by atoms with Crippen LogP contribution in [0, 0.1) is 13.8 Å². The van der Waals surface area contributed by atoms with Gasteiger partial charge in [0, 0.05) is 18.7 Å². The quantitative estimate of drug-likeness (QED) is 0.674. The van der Waals surface area contributed by atoms with Crippen LogP contribution in [0.4, 0.5) is 0 Å². The number of hydrogen-bond donors (Lipinski definition) is 1. The standard InChI is InChI=1S/C22H21N3O5/c1-14-3-5-17(9-15(14)2)25-22(27)8-7-21(24-25)28-12-20(26)23-11-16-4-6-18-19(10-16)30-13-29-18/h3-10H,11-13H2,1-2H3,(H,23,26). The second kappa shape index (κ2) is 8.28. The third-order valence-corrected chi connectivity index (χ3v) is 4.79. The third-order valence-electron chi connectivity index (χ3n) is 4.79. The average Bonchev–Trinajstić information content (AvgIpc) is 3.21. The maximum atomic E-state index is 12.2. The molecule has 1 N–H and O–H groups in total. The molecule has 154 valence electrons. The van der Waals surface area contributed by atoms with Crippen LogP contribution in [-0.2, 0) is 11.3 Å². The van der Waals surface area contributed by atoms with Crippen molar-refractivity contribution in [3.8, 4) is 23.1 Å². The minimum Gasteiger partial charge on any atom is -0.467 e. The molecule has 1 aliphatic rings. The lowest BCUT2D eigenvalue weighted by molar-refractivity contribution is -0.123. The Balaban J connectivity index is 1.37. The van der Waals surface area contributed by atoms with Crippen LogP contribution < -0.4 is 25.1 Å². The van der Waals surface area contributed by atoms with E-state index in [0.717, 1.165) is 16.7 Å². The molecule has 4 rings (SSSR count). The van der Waals surface area contributed by atoms with Gasteiger partial charge in [0.25, 0.3) is 11.5 Å². The van der Waals surface area contributed by atoms with Crippen molar-refractivity contribution in [3.63, 3.8) is 0 Å². The number of fused-ring (bicyclic) bond motifs is 1. The summed E-state index contributed by atoms with van der Waals surface area (Å²) in [7, 11) is 0. The molecule has 0 saturated heterocycles. The van der Waals surface area contributed by atoms with E-state index in [2.05, 4.69) is 10.4 Å². The molecule has 8 nitrogen and oxygen atoms in total. The maximum Gasteiger partial charge on any atom is 0.271 e. The van der Waals surface area contributed by atoms with Gasteiger partial charge in [0.2, 0.25) is 12.7 Å². The van der Waals surface area contributed by atoms with E-state index in [1.54, 1.807) is 6.07 Å². The minimum atomic E-state index is -0.307. The van der Waals surface area contributed by atoms with Gasteiger partial charge in [-0.05, 0) is 54.8 Å². The van der Waals surface area contributed by atoms with Crippen molar-refractivity contribution < 1.29 is 19.0 Å². The van der Waals surface area contributed by atoms with Crippen molar-refractivity contribution in [2.75, 3.05) is 13.4 Å². The molecule has 0 radical (unpaired) electrons. The highest BCUT2D eigenvalue weighted by Gasteiger charge is 2.13. The molecule has 2 aromatic carbocycles. The van der Waals surface area contributed by atoms with Crippen LogP contribution >= 0.6 is 0 Å². The molecule has 2 heterocycles. The summed E-state index contributed by atoms with van der Waals surface area (Å²) in [6, 6.07) is 13.9. The summed E-state index contributed by atoms with van der Waals surface area (Å²) in [4.78, 5) is 24.3. The van der Waals surface area contributed by atoms with Crippen molar-refractivity contribution in [3.05, 3.63) is 75.6 Å². The Hall–Kier alpha value is -3.81. The Morgan fingerprint density at radius 2 is 1.90 bits per heavy atom. The summed E-state index contributed by atoms with van der Waals surface area (Å²) < 4.78 is 17.3. The predicted molar refractivity (Wildman–Crippen MR) is 109 cm³/mol. The summed E-state index contributed by atoms with van der Waals surface area (Å²) in [5.41, 5.74) is 3.42. The number of ether oxygens (including phenoxy) is 3. The number of carbonyl (C=O) groups is 1. The van der Waals surface area contributed by atoms with E-state index in [9.17, 15) is 9.59 Å². The lowest BCUT2D eigenvalue weighted by Crippen LogP contribution is -2.29. The Morgan fingerprint density at radius 3 is 2.73 bits per heavy atom. The van der Waals surface area contributed by atoms with Gasteiger partial charge in [-0.25, -0.2) is 0 Å². The zero-order chi connectivity index (χ0) is 21.1. The summed E-state index contributed by atoms with van der Waals surface area (Å²) in [5.74, 6) is 1.23. The highest BCUT2D eigenvalue weighted by molar-refractivity contribution is 5.77. The van der Waals surface area contributed by atoms with Crippen molar-refractivity contribution >= 4 is 5.91 Å². The Labute approximate surface area is 173 Å². The van der Waals surface area contributed by atoms with Crippen LogP contribution in [0.3, 0.4) is 0 Å². The monoisotopic (exact) mass is 407 g/mol. The van der Waals surface area contributed by atoms with Gasteiger partial charge in [-0.15, -0.1) is 5.10 Å². The maximum absolute atomic E-state index is 12.2. The van der Waals surface area contributed by atoms with E-state index in [1.165, 1.54) is 16.8 Å². The largest absolute Gasteiger partial charge is 0.467 e. The second-order valence-electron chi connectivity index (χ2n) is 6.94. The van der Waals surface area contributed by atoms with Crippen LogP contribution in [0.2, 0.25) is 0 Å². The lowest BCUT2D eigenvalue weighted by atomic mass is 10.1. The zero-order valence-electron chi connectivity index (χ0n) is 16.7. The molecule has 1 amide bonds.